The van der Waals surface area contributed by atoms with E-state index in [1.165, 1.54) is 12.1 Å². The Labute approximate surface area is 129 Å². The summed E-state index contributed by atoms with van der Waals surface area (Å²) in [6, 6.07) is 13.7. The van der Waals surface area contributed by atoms with Crippen LogP contribution in [0.5, 0.6) is 11.5 Å². The number of hydrogen-bond acceptors (Lipinski definition) is 4. The Morgan fingerprint density at radius 1 is 1.05 bits per heavy atom. The predicted octanol–water partition coefficient (Wildman–Crippen LogP) is 2.71. The third-order valence-corrected chi connectivity index (χ3v) is 4.41. The molecule has 0 aliphatic carbocycles. The Hall–Kier alpha value is -2.05. The molecule has 0 radical (unpaired) electrons. The summed E-state index contributed by atoms with van der Waals surface area (Å²) in [6.07, 6.45) is 1.47. The molecule has 1 atom stereocenters. The topological polar surface area (TPSA) is 72.8 Å². The first-order chi connectivity index (χ1) is 10.5. The van der Waals surface area contributed by atoms with E-state index in [1.807, 2.05) is 24.3 Å². The Morgan fingerprint density at radius 2 is 1.73 bits per heavy atom. The van der Waals surface area contributed by atoms with E-state index in [0.717, 1.165) is 29.9 Å². The molecule has 0 amide bonds. The van der Waals surface area contributed by atoms with E-state index in [0.29, 0.717) is 6.61 Å². The average Bonchev–Trinajstić information content (AvgIpc) is 2.52. The Morgan fingerprint density at radius 3 is 2.41 bits per heavy atom. The first-order valence-corrected chi connectivity index (χ1v) is 8.41. The second kappa shape index (κ2) is 5.98. The van der Waals surface area contributed by atoms with Gasteiger partial charge in [0.1, 0.15) is 12.7 Å². The molecule has 2 aromatic carbocycles. The standard InChI is InChI=1S/C16H16O5S/c17-22(18,19)14-9-6-12(7-10-14)5-8-13-11-20-15-3-1-2-4-16(15)21-13/h1-4,6-7,9-10,13H,5,8,11H2,(H,17,18,19). The molecule has 0 aromatic heterocycles. The zero-order valence-corrected chi connectivity index (χ0v) is 12.6. The molecule has 1 aliphatic heterocycles. The highest BCUT2D eigenvalue weighted by Gasteiger charge is 2.20. The Kier molecular flexibility index (Phi) is 4.04. The van der Waals surface area contributed by atoms with Crippen LogP contribution < -0.4 is 9.47 Å². The zero-order chi connectivity index (χ0) is 15.6. The molecule has 6 heteroatoms. The lowest BCUT2D eigenvalue weighted by atomic mass is 10.1. The first kappa shape index (κ1) is 14.9. The van der Waals surface area contributed by atoms with Crippen molar-refractivity contribution >= 4 is 10.1 Å². The van der Waals surface area contributed by atoms with Crippen molar-refractivity contribution in [1.82, 2.24) is 0 Å². The van der Waals surface area contributed by atoms with Gasteiger partial charge in [-0.25, -0.2) is 0 Å². The van der Waals surface area contributed by atoms with Gasteiger partial charge in [-0.3, -0.25) is 4.55 Å². The highest BCUT2D eigenvalue weighted by atomic mass is 32.2. The van der Waals surface area contributed by atoms with Crippen LogP contribution >= 0.6 is 0 Å². The van der Waals surface area contributed by atoms with E-state index in [9.17, 15) is 8.42 Å². The molecule has 2 aromatic rings. The number of para-hydroxylation sites is 2. The van der Waals surface area contributed by atoms with Crippen molar-refractivity contribution in [2.45, 2.75) is 23.8 Å². The van der Waals surface area contributed by atoms with Gasteiger partial charge in [0.05, 0.1) is 4.90 Å². The van der Waals surface area contributed by atoms with E-state index in [-0.39, 0.29) is 11.0 Å². The van der Waals surface area contributed by atoms with Crippen molar-refractivity contribution in [1.29, 1.82) is 0 Å². The van der Waals surface area contributed by atoms with Gasteiger partial charge >= 0.3 is 0 Å². The lowest BCUT2D eigenvalue weighted by molar-refractivity contribution is 0.0851. The number of hydrogen-bond donors (Lipinski definition) is 1. The fourth-order valence-electron chi connectivity index (χ4n) is 2.36. The molecule has 1 aliphatic rings. The van der Waals surface area contributed by atoms with Gasteiger partial charge in [0.25, 0.3) is 10.1 Å². The molecule has 0 spiro atoms. The normalized spacial score (nSPS) is 17.2. The molecule has 1 N–H and O–H groups in total. The molecular formula is C16H16O5S. The van der Waals surface area contributed by atoms with Gasteiger partial charge in [0, 0.05) is 0 Å². The molecule has 5 nitrogen and oxygen atoms in total. The summed E-state index contributed by atoms with van der Waals surface area (Å²) in [6.45, 7) is 0.500. The van der Waals surface area contributed by atoms with E-state index in [2.05, 4.69) is 0 Å². The van der Waals surface area contributed by atoms with E-state index < -0.39 is 10.1 Å². The highest BCUT2D eigenvalue weighted by molar-refractivity contribution is 7.85. The smallest absolute Gasteiger partial charge is 0.294 e. The quantitative estimate of drug-likeness (QED) is 0.877. The van der Waals surface area contributed by atoms with Crippen molar-refractivity contribution in [3.8, 4) is 11.5 Å². The van der Waals surface area contributed by atoms with Gasteiger partial charge < -0.3 is 9.47 Å². The Bertz CT molecular complexity index is 752. The van der Waals surface area contributed by atoms with Gasteiger partial charge in [0.2, 0.25) is 0 Å². The Balaban J connectivity index is 1.60. The summed E-state index contributed by atoms with van der Waals surface area (Å²) in [7, 11) is -4.13. The van der Waals surface area contributed by atoms with Crippen LogP contribution in [0.1, 0.15) is 12.0 Å². The number of fused-ring (bicyclic) bond motifs is 1. The summed E-state index contributed by atoms with van der Waals surface area (Å²) in [5, 5.41) is 0. The molecule has 0 fully saturated rings. The lowest BCUT2D eigenvalue weighted by Crippen LogP contribution is -2.29. The number of ether oxygens (including phenoxy) is 2. The van der Waals surface area contributed by atoms with Crippen LogP contribution in [0.15, 0.2) is 53.4 Å². The lowest BCUT2D eigenvalue weighted by Gasteiger charge is -2.26. The van der Waals surface area contributed by atoms with Gasteiger partial charge in [-0.15, -0.1) is 0 Å². The first-order valence-electron chi connectivity index (χ1n) is 6.97. The summed E-state index contributed by atoms with van der Waals surface area (Å²) < 4.78 is 42.4. The van der Waals surface area contributed by atoms with Crippen molar-refractivity contribution in [2.75, 3.05) is 6.61 Å². The molecule has 1 heterocycles. The highest BCUT2D eigenvalue weighted by Crippen LogP contribution is 2.31. The average molecular weight is 320 g/mol. The van der Waals surface area contributed by atoms with E-state index in [1.54, 1.807) is 12.1 Å². The fourth-order valence-corrected chi connectivity index (χ4v) is 2.84. The van der Waals surface area contributed by atoms with Crippen LogP contribution in [-0.4, -0.2) is 25.7 Å². The molecule has 0 bridgehead atoms. The molecule has 0 saturated carbocycles. The summed E-state index contributed by atoms with van der Waals surface area (Å²) >= 11 is 0. The van der Waals surface area contributed by atoms with Crippen molar-refractivity contribution in [3.63, 3.8) is 0 Å². The van der Waals surface area contributed by atoms with Crippen LogP contribution in [0.2, 0.25) is 0 Å². The van der Waals surface area contributed by atoms with Crippen LogP contribution in [0.25, 0.3) is 0 Å². The van der Waals surface area contributed by atoms with Crippen molar-refractivity contribution < 1.29 is 22.4 Å². The second-order valence-corrected chi connectivity index (χ2v) is 6.58. The van der Waals surface area contributed by atoms with Crippen LogP contribution in [-0.2, 0) is 16.5 Å². The number of rotatable bonds is 4. The predicted molar refractivity (Wildman–Crippen MR) is 80.9 cm³/mol. The summed E-state index contributed by atoms with van der Waals surface area (Å²) in [4.78, 5) is -0.0950. The van der Waals surface area contributed by atoms with E-state index in [4.69, 9.17) is 14.0 Å². The third kappa shape index (κ3) is 3.40. The summed E-state index contributed by atoms with van der Waals surface area (Å²) in [5.74, 6) is 1.51. The molecule has 22 heavy (non-hydrogen) atoms. The number of aryl methyl sites for hydroxylation is 1. The zero-order valence-electron chi connectivity index (χ0n) is 11.8. The van der Waals surface area contributed by atoms with Gasteiger partial charge in [-0.1, -0.05) is 24.3 Å². The minimum Gasteiger partial charge on any atom is -0.486 e. The fraction of sp³-hybridized carbons (Fsp3) is 0.250. The molecular weight excluding hydrogens is 304 g/mol. The largest absolute Gasteiger partial charge is 0.486 e. The van der Waals surface area contributed by atoms with Gasteiger partial charge in [0.15, 0.2) is 11.5 Å². The molecule has 116 valence electrons. The minimum atomic E-state index is -4.13. The molecule has 0 saturated heterocycles. The van der Waals surface area contributed by atoms with E-state index >= 15 is 0 Å². The van der Waals surface area contributed by atoms with Gasteiger partial charge in [-0.2, -0.15) is 8.42 Å². The maximum Gasteiger partial charge on any atom is 0.294 e. The number of benzene rings is 2. The molecule has 1 unspecified atom stereocenters. The third-order valence-electron chi connectivity index (χ3n) is 3.54. The van der Waals surface area contributed by atoms with Crippen LogP contribution in [0.4, 0.5) is 0 Å². The van der Waals surface area contributed by atoms with Crippen LogP contribution in [0, 0.1) is 0 Å². The monoisotopic (exact) mass is 320 g/mol. The molecule has 3 rings (SSSR count). The van der Waals surface area contributed by atoms with Crippen LogP contribution in [0.3, 0.4) is 0 Å². The minimum absolute atomic E-state index is 0.0313. The van der Waals surface area contributed by atoms with Gasteiger partial charge in [-0.05, 0) is 42.7 Å². The second-order valence-electron chi connectivity index (χ2n) is 5.16. The maximum absolute atomic E-state index is 11.0. The SMILES string of the molecule is O=S(=O)(O)c1ccc(CCC2COc3ccccc3O2)cc1. The summed E-state index contributed by atoms with van der Waals surface area (Å²) in [5.41, 5.74) is 0.981. The van der Waals surface area contributed by atoms with Crippen molar-refractivity contribution in [3.05, 3.63) is 54.1 Å². The van der Waals surface area contributed by atoms with Crippen molar-refractivity contribution in [2.24, 2.45) is 0 Å². The maximum atomic E-state index is 11.0.